The average molecular weight is 422 g/mol. The molecule has 0 aliphatic rings. The Bertz CT molecular complexity index is 1160. The molecule has 0 unspecified atom stereocenters. The van der Waals surface area contributed by atoms with Gasteiger partial charge >= 0.3 is 0 Å². The summed E-state index contributed by atoms with van der Waals surface area (Å²) in [5, 5.41) is 22.1. The van der Waals surface area contributed by atoms with Crippen molar-refractivity contribution in [3.63, 3.8) is 0 Å². The van der Waals surface area contributed by atoms with Crippen LogP contribution in [0.4, 0.5) is 5.69 Å². The maximum Gasteiger partial charge on any atom is 0.270 e. The van der Waals surface area contributed by atoms with Crippen LogP contribution in [0.25, 0.3) is 16.4 Å². The molecule has 0 aliphatic heterocycles. The topological polar surface area (TPSA) is 90.9 Å². The molecule has 7 nitrogen and oxygen atoms in total. The van der Waals surface area contributed by atoms with E-state index in [9.17, 15) is 14.9 Å². The van der Waals surface area contributed by atoms with E-state index >= 15 is 0 Å². The molecule has 29 heavy (non-hydrogen) atoms. The number of non-ortho nitro benzene ring substituents is 1. The fraction of sp³-hybridized carbons (Fsp3) is 0.0500. The second kappa shape index (κ2) is 8.38. The molecule has 144 valence electrons. The number of thioether (sulfide) groups is 1. The minimum absolute atomic E-state index is 0.0938. The van der Waals surface area contributed by atoms with E-state index in [0.29, 0.717) is 16.5 Å². The highest BCUT2D eigenvalue weighted by Gasteiger charge is 2.19. The van der Waals surface area contributed by atoms with Crippen LogP contribution in [0.15, 0.2) is 77.3 Å². The Balaban J connectivity index is 1.62. The fourth-order valence-electron chi connectivity index (χ4n) is 2.74. The number of ketones is 1. The SMILES string of the molecule is O=C(CSc1nnc(-c2cccs2)n1-c1ccccc1)c1cccc([N+](=O)[O-])c1. The maximum atomic E-state index is 12.6. The van der Waals surface area contributed by atoms with E-state index in [2.05, 4.69) is 10.2 Å². The first kappa shape index (κ1) is 19.0. The number of nitro benzene ring substituents is 1. The maximum absolute atomic E-state index is 12.6. The van der Waals surface area contributed by atoms with Crippen LogP contribution in [0, 0.1) is 10.1 Å². The average Bonchev–Trinajstić information content (AvgIpc) is 3.42. The second-order valence-electron chi connectivity index (χ2n) is 5.97. The number of para-hydroxylation sites is 1. The molecule has 0 bridgehead atoms. The predicted octanol–water partition coefficient (Wildman–Crippen LogP) is 4.88. The largest absolute Gasteiger partial charge is 0.293 e. The Morgan fingerprint density at radius 2 is 1.90 bits per heavy atom. The summed E-state index contributed by atoms with van der Waals surface area (Å²) in [5.41, 5.74) is 1.09. The van der Waals surface area contributed by atoms with Gasteiger partial charge in [0.2, 0.25) is 0 Å². The van der Waals surface area contributed by atoms with Gasteiger partial charge in [-0.05, 0) is 23.6 Å². The van der Waals surface area contributed by atoms with Gasteiger partial charge in [-0.3, -0.25) is 19.5 Å². The van der Waals surface area contributed by atoms with Gasteiger partial charge in [-0.25, -0.2) is 0 Å². The van der Waals surface area contributed by atoms with Crippen LogP contribution in [0.5, 0.6) is 0 Å². The van der Waals surface area contributed by atoms with Gasteiger partial charge < -0.3 is 0 Å². The smallest absolute Gasteiger partial charge is 0.270 e. The lowest BCUT2D eigenvalue weighted by molar-refractivity contribution is -0.384. The quantitative estimate of drug-likeness (QED) is 0.182. The number of carbonyl (C=O) groups excluding carboxylic acids is 1. The fourth-order valence-corrected chi connectivity index (χ4v) is 4.29. The molecule has 0 saturated carbocycles. The normalized spacial score (nSPS) is 10.8. The van der Waals surface area contributed by atoms with Crippen molar-refractivity contribution in [1.82, 2.24) is 14.8 Å². The van der Waals surface area contributed by atoms with E-state index in [0.717, 1.165) is 10.6 Å². The number of aromatic nitrogens is 3. The monoisotopic (exact) mass is 422 g/mol. The van der Waals surface area contributed by atoms with Gasteiger partial charge in [0, 0.05) is 23.4 Å². The van der Waals surface area contributed by atoms with E-state index in [1.807, 2.05) is 52.4 Å². The van der Waals surface area contributed by atoms with Crippen LogP contribution in [0.1, 0.15) is 10.4 Å². The Morgan fingerprint density at radius 3 is 2.62 bits per heavy atom. The van der Waals surface area contributed by atoms with Gasteiger partial charge in [0.15, 0.2) is 16.8 Å². The molecular formula is C20H14N4O3S2. The lowest BCUT2D eigenvalue weighted by Crippen LogP contribution is -2.05. The lowest BCUT2D eigenvalue weighted by atomic mass is 10.1. The molecule has 0 fully saturated rings. The Morgan fingerprint density at radius 1 is 1.07 bits per heavy atom. The van der Waals surface area contributed by atoms with E-state index in [4.69, 9.17) is 0 Å². The summed E-state index contributed by atoms with van der Waals surface area (Å²) in [6.45, 7) is 0. The summed E-state index contributed by atoms with van der Waals surface area (Å²) in [6.07, 6.45) is 0. The van der Waals surface area contributed by atoms with Crippen molar-refractivity contribution in [1.29, 1.82) is 0 Å². The van der Waals surface area contributed by atoms with Crippen LogP contribution in [0.2, 0.25) is 0 Å². The van der Waals surface area contributed by atoms with Crippen molar-refractivity contribution in [3.8, 4) is 16.4 Å². The molecule has 9 heteroatoms. The highest BCUT2D eigenvalue weighted by molar-refractivity contribution is 7.99. The van der Waals surface area contributed by atoms with E-state index in [1.54, 1.807) is 17.4 Å². The Hall–Kier alpha value is -3.30. The Labute approximate surface area is 174 Å². The summed E-state index contributed by atoms with van der Waals surface area (Å²) in [7, 11) is 0. The number of carbonyl (C=O) groups is 1. The molecule has 2 aromatic carbocycles. The third kappa shape index (κ3) is 4.10. The van der Waals surface area contributed by atoms with Crippen LogP contribution >= 0.6 is 23.1 Å². The molecule has 0 amide bonds. The summed E-state index contributed by atoms with van der Waals surface area (Å²) in [6, 6.07) is 19.3. The molecule has 0 atom stereocenters. The highest BCUT2D eigenvalue weighted by atomic mass is 32.2. The highest BCUT2D eigenvalue weighted by Crippen LogP contribution is 2.30. The summed E-state index contributed by atoms with van der Waals surface area (Å²) >= 11 is 2.81. The van der Waals surface area contributed by atoms with Crippen molar-refractivity contribution in [2.24, 2.45) is 0 Å². The summed E-state index contributed by atoms with van der Waals surface area (Å²) < 4.78 is 1.91. The van der Waals surface area contributed by atoms with Gasteiger partial charge in [-0.2, -0.15) is 0 Å². The molecule has 4 aromatic rings. The Kier molecular flexibility index (Phi) is 5.50. The molecule has 0 spiro atoms. The summed E-state index contributed by atoms with van der Waals surface area (Å²) in [5.74, 6) is 0.590. The zero-order valence-electron chi connectivity index (χ0n) is 15.0. The first-order valence-electron chi connectivity index (χ1n) is 8.58. The number of rotatable bonds is 7. The molecule has 4 rings (SSSR count). The minimum Gasteiger partial charge on any atom is -0.293 e. The van der Waals surface area contributed by atoms with Crippen LogP contribution in [-0.4, -0.2) is 31.2 Å². The number of hydrogen-bond acceptors (Lipinski definition) is 7. The number of thiophene rings is 1. The van der Waals surface area contributed by atoms with Crippen molar-refractivity contribution in [3.05, 3.63) is 87.8 Å². The standard InChI is InChI=1S/C20H14N4O3S2/c25-17(14-6-4-9-16(12-14)24(26)27)13-29-20-22-21-19(18-10-5-11-28-18)23(20)15-7-2-1-3-8-15/h1-12H,13H2. The number of hydrogen-bond donors (Lipinski definition) is 0. The van der Waals surface area contributed by atoms with Gasteiger partial charge in [0.1, 0.15) is 0 Å². The molecule has 0 saturated heterocycles. The molecule has 0 aliphatic carbocycles. The van der Waals surface area contributed by atoms with Gasteiger partial charge in [0.05, 0.1) is 15.6 Å². The molecule has 2 aromatic heterocycles. The number of nitrogens with zero attached hydrogens (tertiary/aromatic N) is 4. The molecular weight excluding hydrogens is 408 g/mol. The summed E-state index contributed by atoms with van der Waals surface area (Å²) in [4.78, 5) is 24.0. The first-order chi connectivity index (χ1) is 14.1. The van der Waals surface area contributed by atoms with Crippen molar-refractivity contribution >= 4 is 34.6 Å². The van der Waals surface area contributed by atoms with Gasteiger partial charge in [-0.1, -0.05) is 48.2 Å². The predicted molar refractivity (Wildman–Crippen MR) is 113 cm³/mol. The zero-order chi connectivity index (χ0) is 20.2. The molecule has 0 radical (unpaired) electrons. The number of Topliss-reactive ketones (excluding diaryl/α,β-unsaturated/α-hetero) is 1. The molecule has 2 heterocycles. The number of nitro groups is 1. The van der Waals surface area contributed by atoms with E-state index in [-0.39, 0.29) is 17.2 Å². The first-order valence-corrected chi connectivity index (χ1v) is 10.4. The van der Waals surface area contributed by atoms with Crippen molar-refractivity contribution in [2.45, 2.75) is 5.16 Å². The van der Waals surface area contributed by atoms with E-state index in [1.165, 1.54) is 30.0 Å². The number of benzene rings is 2. The third-order valence-corrected chi connectivity index (χ3v) is 5.90. The minimum atomic E-state index is -0.511. The van der Waals surface area contributed by atoms with Crippen molar-refractivity contribution < 1.29 is 9.72 Å². The van der Waals surface area contributed by atoms with Crippen LogP contribution in [0.3, 0.4) is 0 Å². The van der Waals surface area contributed by atoms with Crippen LogP contribution in [-0.2, 0) is 0 Å². The van der Waals surface area contributed by atoms with Crippen LogP contribution < -0.4 is 0 Å². The van der Waals surface area contributed by atoms with E-state index < -0.39 is 4.92 Å². The second-order valence-corrected chi connectivity index (χ2v) is 7.86. The zero-order valence-corrected chi connectivity index (χ0v) is 16.6. The van der Waals surface area contributed by atoms with Gasteiger partial charge in [0.25, 0.3) is 5.69 Å². The lowest BCUT2D eigenvalue weighted by Gasteiger charge is -2.09. The van der Waals surface area contributed by atoms with Crippen molar-refractivity contribution in [2.75, 3.05) is 5.75 Å². The third-order valence-electron chi connectivity index (χ3n) is 4.10. The molecule has 0 N–H and O–H groups in total. The van der Waals surface area contributed by atoms with Gasteiger partial charge in [-0.15, -0.1) is 21.5 Å².